The van der Waals surface area contributed by atoms with Gasteiger partial charge in [-0.1, -0.05) is 45.4 Å². The van der Waals surface area contributed by atoms with Crippen LogP contribution in [0.3, 0.4) is 0 Å². The summed E-state index contributed by atoms with van der Waals surface area (Å²) in [6.07, 6.45) is 7.95. The van der Waals surface area contributed by atoms with Crippen molar-refractivity contribution in [2.75, 3.05) is 26.9 Å². The predicted octanol–water partition coefficient (Wildman–Crippen LogP) is 4.52. The normalized spacial score (nSPS) is 41.7. The summed E-state index contributed by atoms with van der Waals surface area (Å²) in [5, 5.41) is 0. The molecule has 1 saturated carbocycles. The van der Waals surface area contributed by atoms with Gasteiger partial charge < -0.3 is 18.9 Å². The Morgan fingerprint density at radius 2 is 1.70 bits per heavy atom. The van der Waals surface area contributed by atoms with Crippen molar-refractivity contribution in [3.8, 4) is 5.75 Å². The van der Waals surface area contributed by atoms with Crippen molar-refractivity contribution in [3.05, 3.63) is 35.4 Å². The Balaban J connectivity index is 1.74. The second kappa shape index (κ2) is 5.59. The standard InChI is InChI=1S/C23H30O4/c1-20(2)10-5-11-22(23-25-13-21(3,14-26-23)15-27-23)18-12-17(24-4)8-6-16(18)7-9-19(20)22/h6-9,12,19H,5,10-11,13-15H2,1-4H3/t19-,21?,22+,23?/m0/s1. The summed E-state index contributed by atoms with van der Waals surface area (Å²) in [6, 6.07) is 6.36. The van der Waals surface area contributed by atoms with Crippen LogP contribution < -0.4 is 4.74 Å². The lowest BCUT2D eigenvalue weighted by Gasteiger charge is -2.64. The van der Waals surface area contributed by atoms with Gasteiger partial charge in [0.05, 0.1) is 32.3 Å². The molecule has 3 saturated heterocycles. The molecule has 146 valence electrons. The third-order valence-corrected chi connectivity index (χ3v) is 7.35. The van der Waals surface area contributed by atoms with Gasteiger partial charge in [-0.05, 0) is 47.4 Å². The summed E-state index contributed by atoms with van der Waals surface area (Å²) in [5.41, 5.74) is 2.19. The Labute approximate surface area is 161 Å². The summed E-state index contributed by atoms with van der Waals surface area (Å²) in [7, 11) is 1.73. The molecule has 27 heavy (non-hydrogen) atoms. The summed E-state index contributed by atoms with van der Waals surface area (Å²) in [5.74, 6) is 0.137. The molecule has 0 aromatic heterocycles. The molecule has 4 fully saturated rings. The van der Waals surface area contributed by atoms with Crippen molar-refractivity contribution in [1.29, 1.82) is 0 Å². The Kier molecular flexibility index (Phi) is 3.67. The van der Waals surface area contributed by atoms with Gasteiger partial charge in [0.1, 0.15) is 5.75 Å². The van der Waals surface area contributed by atoms with E-state index in [0.717, 1.165) is 18.6 Å². The van der Waals surface area contributed by atoms with Gasteiger partial charge in [0.25, 0.3) is 5.97 Å². The molecule has 3 aliphatic heterocycles. The number of ether oxygens (including phenoxy) is 4. The predicted molar refractivity (Wildman–Crippen MR) is 104 cm³/mol. The van der Waals surface area contributed by atoms with Gasteiger partial charge in [-0.25, -0.2) is 0 Å². The fourth-order valence-corrected chi connectivity index (χ4v) is 5.87. The highest BCUT2D eigenvalue weighted by molar-refractivity contribution is 5.63. The lowest BCUT2D eigenvalue weighted by atomic mass is 9.50. The molecule has 5 aliphatic rings. The number of hydrogen-bond acceptors (Lipinski definition) is 4. The third-order valence-electron chi connectivity index (χ3n) is 7.35. The second-order valence-electron chi connectivity index (χ2n) is 9.84. The van der Waals surface area contributed by atoms with Crippen LogP contribution >= 0.6 is 0 Å². The van der Waals surface area contributed by atoms with Crippen molar-refractivity contribution in [2.24, 2.45) is 16.7 Å². The van der Waals surface area contributed by atoms with Crippen molar-refractivity contribution in [2.45, 2.75) is 51.4 Å². The molecule has 3 heterocycles. The van der Waals surface area contributed by atoms with Crippen LogP contribution in [0.2, 0.25) is 0 Å². The maximum absolute atomic E-state index is 6.47. The van der Waals surface area contributed by atoms with E-state index < -0.39 is 5.97 Å². The molecular weight excluding hydrogens is 340 g/mol. The smallest absolute Gasteiger partial charge is 0.293 e. The van der Waals surface area contributed by atoms with Crippen LogP contribution in [0, 0.1) is 16.7 Å². The van der Waals surface area contributed by atoms with Crippen LogP contribution in [0.15, 0.2) is 24.3 Å². The van der Waals surface area contributed by atoms with Gasteiger partial charge in [-0.3, -0.25) is 0 Å². The largest absolute Gasteiger partial charge is 0.497 e. The molecule has 6 rings (SSSR count). The zero-order valence-electron chi connectivity index (χ0n) is 16.8. The highest BCUT2D eigenvalue weighted by Gasteiger charge is 2.69. The van der Waals surface area contributed by atoms with Gasteiger partial charge >= 0.3 is 0 Å². The van der Waals surface area contributed by atoms with Crippen LogP contribution in [-0.2, 0) is 19.6 Å². The Hall–Kier alpha value is -1.36. The van der Waals surface area contributed by atoms with E-state index in [4.69, 9.17) is 18.9 Å². The van der Waals surface area contributed by atoms with Crippen molar-refractivity contribution in [3.63, 3.8) is 0 Å². The maximum Gasteiger partial charge on any atom is 0.293 e. The Bertz CT molecular complexity index is 771. The third kappa shape index (κ3) is 2.27. The lowest BCUT2D eigenvalue weighted by molar-refractivity contribution is -0.497. The van der Waals surface area contributed by atoms with Crippen molar-refractivity contribution in [1.82, 2.24) is 0 Å². The molecule has 2 bridgehead atoms. The molecule has 0 radical (unpaired) electrons. The average molecular weight is 370 g/mol. The van der Waals surface area contributed by atoms with E-state index >= 15 is 0 Å². The minimum absolute atomic E-state index is 0.0419. The van der Waals surface area contributed by atoms with E-state index in [1.165, 1.54) is 17.5 Å². The van der Waals surface area contributed by atoms with Crippen LogP contribution in [0.25, 0.3) is 6.08 Å². The first-order valence-electron chi connectivity index (χ1n) is 10.1. The minimum Gasteiger partial charge on any atom is -0.497 e. The Morgan fingerprint density at radius 3 is 2.37 bits per heavy atom. The molecule has 2 aliphatic carbocycles. The summed E-state index contributed by atoms with van der Waals surface area (Å²) in [6.45, 7) is 8.97. The van der Waals surface area contributed by atoms with E-state index in [-0.39, 0.29) is 22.2 Å². The van der Waals surface area contributed by atoms with Gasteiger partial charge in [0.2, 0.25) is 0 Å². The Morgan fingerprint density at radius 1 is 1.00 bits per heavy atom. The molecule has 0 unspecified atom stereocenters. The molecule has 0 N–H and O–H groups in total. The summed E-state index contributed by atoms with van der Waals surface area (Å²) in [4.78, 5) is 0. The fourth-order valence-electron chi connectivity index (χ4n) is 5.87. The molecule has 0 amide bonds. The first kappa shape index (κ1) is 17.7. The molecule has 2 atom stereocenters. The molecule has 1 aromatic carbocycles. The monoisotopic (exact) mass is 370 g/mol. The van der Waals surface area contributed by atoms with Gasteiger partial charge in [-0.15, -0.1) is 0 Å². The highest BCUT2D eigenvalue weighted by atomic mass is 16.9. The first-order valence-corrected chi connectivity index (χ1v) is 10.1. The molecule has 0 spiro atoms. The highest BCUT2D eigenvalue weighted by Crippen LogP contribution is 2.64. The van der Waals surface area contributed by atoms with E-state index in [0.29, 0.717) is 19.8 Å². The minimum atomic E-state index is -1.01. The van der Waals surface area contributed by atoms with Gasteiger partial charge in [-0.2, -0.15) is 0 Å². The van der Waals surface area contributed by atoms with Gasteiger partial charge in [0.15, 0.2) is 0 Å². The SMILES string of the molecule is COc1ccc2c(c1)[C@]1(C34OCC(C)(CO3)CO4)CCCC(C)(C)[C@@H]1C=C2. The van der Waals surface area contributed by atoms with Crippen LogP contribution in [0.5, 0.6) is 5.75 Å². The van der Waals surface area contributed by atoms with E-state index in [1.54, 1.807) is 7.11 Å². The van der Waals surface area contributed by atoms with E-state index in [9.17, 15) is 0 Å². The number of methoxy groups -OCH3 is 1. The second-order valence-corrected chi connectivity index (χ2v) is 9.84. The zero-order chi connectivity index (χ0) is 18.9. The number of allylic oxidation sites excluding steroid dienone is 1. The number of hydrogen-bond donors (Lipinski definition) is 0. The average Bonchev–Trinajstić information content (AvgIpc) is 2.68. The quantitative estimate of drug-likeness (QED) is 0.767. The topological polar surface area (TPSA) is 36.9 Å². The van der Waals surface area contributed by atoms with Crippen molar-refractivity contribution >= 4 is 6.08 Å². The molecule has 4 heteroatoms. The number of rotatable bonds is 2. The van der Waals surface area contributed by atoms with Gasteiger partial charge in [0, 0.05) is 5.41 Å². The maximum atomic E-state index is 6.47. The van der Waals surface area contributed by atoms with Crippen LogP contribution in [0.1, 0.15) is 51.2 Å². The molecule has 4 nitrogen and oxygen atoms in total. The first-order chi connectivity index (χ1) is 12.8. The number of benzene rings is 1. The summed E-state index contributed by atoms with van der Waals surface area (Å²) < 4.78 is 25.0. The van der Waals surface area contributed by atoms with E-state index in [2.05, 4.69) is 45.1 Å². The molecule has 1 aromatic rings. The zero-order valence-corrected chi connectivity index (χ0v) is 16.8. The number of fused-ring (bicyclic) bond motifs is 6. The summed E-state index contributed by atoms with van der Waals surface area (Å²) >= 11 is 0. The van der Waals surface area contributed by atoms with Crippen molar-refractivity contribution < 1.29 is 18.9 Å². The van der Waals surface area contributed by atoms with Crippen LogP contribution in [0.4, 0.5) is 0 Å². The fraction of sp³-hybridized carbons (Fsp3) is 0.652. The van der Waals surface area contributed by atoms with E-state index in [1.807, 2.05) is 6.07 Å². The molecular formula is C23H30O4. The van der Waals surface area contributed by atoms with Crippen LogP contribution in [-0.4, -0.2) is 32.9 Å². The lowest BCUT2D eigenvalue weighted by Crippen LogP contribution is -2.71.